The van der Waals surface area contributed by atoms with Gasteiger partial charge in [0, 0.05) is 87.9 Å². The molecule has 0 spiro atoms. The molecule has 4 heterocycles. The van der Waals surface area contributed by atoms with Gasteiger partial charge in [-0.05, 0) is 118 Å². The maximum atomic E-state index is 14.6. The lowest BCUT2D eigenvalue weighted by Crippen LogP contribution is -2.61. The molecule has 4 N–H and O–H groups in total. The Hall–Kier alpha value is -4.04. The standard InChI is InChI=1S/C58H90N2O17/c1-16-44-58(11,68)50(64)35(5)47(62)33(3)30-56(9,69-14)51(77-55-48(63)43(59(12)13)27-34(4)72-55)36(6)49(37(7)54(67)74-44)76-46-31-57(10,70-15)52(38(8)73-46)75-45(61)22-18-19-25-71-26-20-21-39-23-24-42-40(28-39)29-41(53(65)66)32-60(42)17-2/h23-24,28,32-38,43-44,46,48-52,55,63-64,68H,16-19,22,25-27,29-31H2,1-15H3,(H,65,66)/t33-,34-,35+,36+,37-,38+,43+,44-,46+,48-,49+,50-,51-,52+,55+,56-,57-,58-/m1/s1. The SMILES string of the molecule is CC[C@H]1OC(=O)[C@H](C)[C@@H](O[C@H]2C[C@@](C)(OC)[C@@H](OC(=O)CCCCOCC#Cc3ccc4c(c3)CC(C(=O)O)=CN4CC)[C@H](C)O2)[C@H](C)[C@@H](O[C@@H]2O[C@H](C)C[C@H](N(C)C)[C@H]2O)[C@](C)(OC)C[C@@H](C)C(=O)[C@H](C)[C@@H](O)[C@]1(C)O. The van der Waals surface area contributed by atoms with Crippen LogP contribution >= 0.6 is 0 Å². The molecule has 19 nitrogen and oxygen atoms in total. The van der Waals surface area contributed by atoms with E-state index in [9.17, 15) is 39.6 Å². The second kappa shape index (κ2) is 27.4. The number of aliphatic hydroxyl groups is 3. The smallest absolute Gasteiger partial charge is 0.333 e. The lowest BCUT2D eigenvalue weighted by molar-refractivity contribution is -0.320. The van der Waals surface area contributed by atoms with E-state index >= 15 is 0 Å². The van der Waals surface area contributed by atoms with Crippen LogP contribution in [0.2, 0.25) is 0 Å². The highest BCUT2D eigenvalue weighted by Gasteiger charge is 2.55. The van der Waals surface area contributed by atoms with Gasteiger partial charge in [-0.2, -0.15) is 0 Å². The van der Waals surface area contributed by atoms with Gasteiger partial charge in [0.25, 0.3) is 0 Å². The Morgan fingerprint density at radius 3 is 2.21 bits per heavy atom. The first-order valence-corrected chi connectivity index (χ1v) is 27.5. The van der Waals surface area contributed by atoms with Gasteiger partial charge in [0.2, 0.25) is 0 Å². The molecule has 5 rings (SSSR count). The van der Waals surface area contributed by atoms with E-state index in [1.165, 1.54) is 21.1 Å². The Kier molecular flexibility index (Phi) is 22.7. The van der Waals surface area contributed by atoms with Gasteiger partial charge >= 0.3 is 17.9 Å². The number of aliphatic carboxylic acids is 1. The van der Waals surface area contributed by atoms with Crippen LogP contribution in [0, 0.1) is 35.5 Å². The van der Waals surface area contributed by atoms with E-state index in [1.807, 2.05) is 62.9 Å². The van der Waals surface area contributed by atoms with Crippen molar-refractivity contribution in [2.45, 2.75) is 212 Å². The zero-order valence-corrected chi connectivity index (χ0v) is 48.2. The second-order valence-corrected chi connectivity index (χ2v) is 22.7. The number of rotatable bonds is 17. The third-order valence-electron chi connectivity index (χ3n) is 16.5. The number of unbranched alkanes of at least 4 members (excludes halogenated alkanes) is 1. The summed E-state index contributed by atoms with van der Waals surface area (Å²) in [5, 5.41) is 44.8. The molecule has 434 valence electrons. The Morgan fingerprint density at radius 1 is 0.909 bits per heavy atom. The zero-order chi connectivity index (χ0) is 57.3. The summed E-state index contributed by atoms with van der Waals surface area (Å²) < 4.78 is 57.1. The Morgan fingerprint density at radius 2 is 1.58 bits per heavy atom. The average molecular weight is 1090 g/mol. The molecule has 0 unspecified atom stereocenters. The number of carboxylic acid groups (broad SMARTS) is 1. The average Bonchev–Trinajstić information content (AvgIpc) is 3.39. The van der Waals surface area contributed by atoms with Crippen LogP contribution in [0.5, 0.6) is 0 Å². The molecular weight excluding hydrogens is 997 g/mol. The predicted octanol–water partition coefficient (Wildman–Crippen LogP) is 5.58. The number of esters is 2. The number of ether oxygens (including phenoxy) is 9. The van der Waals surface area contributed by atoms with Crippen molar-refractivity contribution in [2.24, 2.45) is 23.7 Å². The summed E-state index contributed by atoms with van der Waals surface area (Å²) in [7, 11) is 6.75. The highest BCUT2D eigenvalue weighted by Crippen LogP contribution is 2.42. The number of Topliss-reactive ketones (excluding diaryl/α,β-unsaturated/α-hetero) is 1. The summed E-state index contributed by atoms with van der Waals surface area (Å²) >= 11 is 0. The van der Waals surface area contributed by atoms with Crippen molar-refractivity contribution in [1.29, 1.82) is 0 Å². The number of likely N-dealkylation sites (N-methyl/N-ethyl adjacent to an activating group) is 1. The van der Waals surface area contributed by atoms with Gasteiger partial charge in [0.05, 0.1) is 47.6 Å². The molecule has 19 heteroatoms. The number of carboxylic acids is 1. The van der Waals surface area contributed by atoms with Crippen LogP contribution in [-0.2, 0) is 68.2 Å². The van der Waals surface area contributed by atoms with Crippen LogP contribution in [0.4, 0.5) is 5.69 Å². The van der Waals surface area contributed by atoms with Crippen LogP contribution < -0.4 is 4.90 Å². The number of methoxy groups -OCH3 is 2. The van der Waals surface area contributed by atoms with Gasteiger partial charge in [-0.25, -0.2) is 4.79 Å². The fourth-order valence-corrected chi connectivity index (χ4v) is 11.7. The molecular formula is C58H90N2O17. The van der Waals surface area contributed by atoms with E-state index in [-0.39, 0.29) is 50.2 Å². The number of anilines is 1. The highest BCUT2D eigenvalue weighted by molar-refractivity contribution is 5.89. The Balaban J connectivity index is 1.31. The molecule has 4 aliphatic heterocycles. The van der Waals surface area contributed by atoms with Gasteiger partial charge in [-0.1, -0.05) is 39.5 Å². The summed E-state index contributed by atoms with van der Waals surface area (Å²) in [6, 6.07) is 5.44. The fourth-order valence-electron chi connectivity index (χ4n) is 11.7. The summed E-state index contributed by atoms with van der Waals surface area (Å²) in [6.45, 7) is 20.2. The number of hydrogen-bond donors (Lipinski definition) is 4. The molecule has 1 aromatic carbocycles. The first-order chi connectivity index (χ1) is 36.2. The van der Waals surface area contributed by atoms with E-state index < -0.39 is 114 Å². The fraction of sp³-hybridized carbons (Fsp3) is 0.759. The number of cyclic esters (lactones) is 1. The van der Waals surface area contributed by atoms with Crippen LogP contribution in [0.25, 0.3) is 0 Å². The third-order valence-corrected chi connectivity index (χ3v) is 16.5. The number of carbonyl (C=O) groups is 4. The van der Waals surface area contributed by atoms with Gasteiger partial charge < -0.3 is 72.9 Å². The minimum atomic E-state index is -2.02. The Bertz CT molecular complexity index is 2260. The molecule has 0 bridgehead atoms. The number of ketones is 1. The maximum absolute atomic E-state index is 14.6. The second-order valence-electron chi connectivity index (χ2n) is 22.7. The van der Waals surface area contributed by atoms with Crippen molar-refractivity contribution in [3.05, 3.63) is 41.1 Å². The molecule has 4 aliphatic rings. The van der Waals surface area contributed by atoms with Crippen molar-refractivity contribution in [3.63, 3.8) is 0 Å². The molecule has 0 amide bonds. The summed E-state index contributed by atoms with van der Waals surface area (Å²) in [4.78, 5) is 57.7. The lowest BCUT2D eigenvalue weighted by Gasteiger charge is -2.50. The van der Waals surface area contributed by atoms with Gasteiger partial charge in [0.15, 0.2) is 18.7 Å². The molecule has 0 radical (unpaired) electrons. The number of benzene rings is 1. The van der Waals surface area contributed by atoms with Gasteiger partial charge in [-0.3, -0.25) is 14.4 Å². The molecule has 77 heavy (non-hydrogen) atoms. The van der Waals surface area contributed by atoms with E-state index in [1.54, 1.807) is 54.7 Å². The zero-order valence-electron chi connectivity index (χ0n) is 48.2. The number of nitrogens with zero attached hydrogens (tertiary/aromatic N) is 2. The van der Waals surface area contributed by atoms with Crippen molar-refractivity contribution in [1.82, 2.24) is 4.90 Å². The molecule has 0 aliphatic carbocycles. The van der Waals surface area contributed by atoms with Gasteiger partial charge in [0.1, 0.15) is 35.8 Å². The van der Waals surface area contributed by atoms with Crippen molar-refractivity contribution < 1.29 is 82.2 Å². The van der Waals surface area contributed by atoms with E-state index in [0.29, 0.717) is 44.4 Å². The summed E-state index contributed by atoms with van der Waals surface area (Å²) in [5.41, 5.74) is -1.53. The largest absolute Gasteiger partial charge is 0.478 e. The van der Waals surface area contributed by atoms with Crippen molar-refractivity contribution in [3.8, 4) is 11.8 Å². The number of fused-ring (bicyclic) bond motifs is 1. The van der Waals surface area contributed by atoms with Crippen molar-refractivity contribution >= 4 is 29.4 Å². The molecule has 1 aromatic rings. The monoisotopic (exact) mass is 1090 g/mol. The molecule has 3 saturated heterocycles. The minimum absolute atomic E-state index is 0.0518. The predicted molar refractivity (Wildman–Crippen MR) is 285 cm³/mol. The van der Waals surface area contributed by atoms with E-state index in [2.05, 4.69) is 11.8 Å². The third kappa shape index (κ3) is 15.3. The molecule has 18 atom stereocenters. The summed E-state index contributed by atoms with van der Waals surface area (Å²) in [5.74, 6) is -0.0747. The number of hydrogen-bond acceptors (Lipinski definition) is 18. The molecule has 3 fully saturated rings. The maximum Gasteiger partial charge on any atom is 0.333 e. The summed E-state index contributed by atoms with van der Waals surface area (Å²) in [6.07, 6.45) is -6.30. The molecule has 0 saturated carbocycles. The first kappa shape index (κ1) is 63.8. The van der Waals surface area contributed by atoms with Crippen LogP contribution in [0.3, 0.4) is 0 Å². The minimum Gasteiger partial charge on any atom is -0.478 e. The quantitative estimate of drug-likeness (QED) is 0.0846. The highest BCUT2D eigenvalue weighted by atomic mass is 16.7. The van der Waals surface area contributed by atoms with Crippen molar-refractivity contribution in [2.75, 3.05) is 53.0 Å². The number of carbonyl (C=O) groups excluding carboxylic acids is 3. The van der Waals surface area contributed by atoms with E-state index in [0.717, 1.165) is 16.8 Å². The normalized spacial score (nSPS) is 37.4. The molecule has 0 aromatic heterocycles. The van der Waals surface area contributed by atoms with Gasteiger partial charge in [-0.15, -0.1) is 0 Å². The van der Waals surface area contributed by atoms with Crippen LogP contribution in [0.1, 0.15) is 132 Å². The van der Waals surface area contributed by atoms with Crippen LogP contribution in [-0.4, -0.2) is 181 Å². The lowest BCUT2D eigenvalue weighted by atomic mass is 9.74. The first-order valence-electron chi connectivity index (χ1n) is 27.5. The Labute approximate surface area is 456 Å². The van der Waals surface area contributed by atoms with E-state index in [4.69, 9.17) is 42.6 Å². The van der Waals surface area contributed by atoms with Crippen LogP contribution in [0.15, 0.2) is 30.0 Å². The topological polar surface area (TPSA) is 239 Å². The number of aliphatic hydroxyl groups excluding tert-OH is 2.